The highest BCUT2D eigenvalue weighted by molar-refractivity contribution is 7.99. The summed E-state index contributed by atoms with van der Waals surface area (Å²) in [6.45, 7) is 8.45. The molecule has 1 aliphatic carbocycles. The van der Waals surface area contributed by atoms with Crippen molar-refractivity contribution in [1.29, 1.82) is 0 Å². The molecule has 2 aliphatic heterocycles. The van der Waals surface area contributed by atoms with Crippen LogP contribution in [-0.4, -0.2) is 18.3 Å². The molecule has 5 aromatic rings. The predicted molar refractivity (Wildman–Crippen MR) is 173 cm³/mol. The Labute approximate surface area is 252 Å². The highest BCUT2D eigenvalue weighted by Crippen LogP contribution is 2.62. The summed E-state index contributed by atoms with van der Waals surface area (Å²) in [4.78, 5) is 2.50. The predicted octanol–water partition coefficient (Wildman–Crippen LogP) is 8.06. The first kappa shape index (κ1) is 25.9. The Morgan fingerprint density at radius 1 is 0.571 bits per heavy atom. The van der Waals surface area contributed by atoms with Gasteiger partial charge in [-0.25, -0.2) is 0 Å². The fourth-order valence-corrected chi connectivity index (χ4v) is 8.22. The van der Waals surface area contributed by atoms with Gasteiger partial charge in [0, 0.05) is 15.5 Å². The zero-order valence-corrected chi connectivity index (χ0v) is 25.1. The molecule has 5 aromatic carbocycles. The molecule has 8 rings (SSSR count). The lowest BCUT2D eigenvalue weighted by molar-refractivity contribution is 0.00578. The molecule has 0 amide bonds. The Bertz CT molecular complexity index is 1830. The zero-order valence-electron chi connectivity index (χ0n) is 24.3. The van der Waals surface area contributed by atoms with E-state index in [1.54, 1.807) is 0 Å². The second-order valence-corrected chi connectivity index (χ2v) is 13.7. The molecule has 0 saturated carbocycles. The molecule has 0 bridgehead atoms. The summed E-state index contributed by atoms with van der Waals surface area (Å²) in [5.74, 6) is 0. The Morgan fingerprint density at radius 2 is 1.12 bits per heavy atom. The third kappa shape index (κ3) is 3.45. The molecular weight excluding hydrogens is 533 g/mol. The summed E-state index contributed by atoms with van der Waals surface area (Å²) in [5.41, 5.74) is 16.6. The summed E-state index contributed by atoms with van der Waals surface area (Å²) in [6, 6.07) is 39.6. The topological polar surface area (TPSA) is 44.5 Å². The van der Waals surface area contributed by atoms with Crippen molar-refractivity contribution in [2.24, 2.45) is 0 Å². The standard InChI is InChI=1S/C37H32BNO2S/c1-35(2)36(3,4)41-38(40-35)32-22-34-31(21-27(32)23-17-19-24(39)20-18-23)37(30-15-9-10-16-33(30)42-34)28-13-7-5-11-25(28)26-12-6-8-14-29(26)37/h5-22H,39H2,1-4H3. The lowest BCUT2D eigenvalue weighted by atomic mass is 9.65. The van der Waals surface area contributed by atoms with E-state index in [1.807, 2.05) is 23.9 Å². The van der Waals surface area contributed by atoms with Gasteiger partial charge in [0.05, 0.1) is 16.6 Å². The van der Waals surface area contributed by atoms with Crippen LogP contribution in [0.4, 0.5) is 5.69 Å². The van der Waals surface area contributed by atoms with Crippen LogP contribution in [0, 0.1) is 0 Å². The minimum absolute atomic E-state index is 0.443. The minimum atomic E-state index is -0.496. The van der Waals surface area contributed by atoms with Gasteiger partial charge in [-0.2, -0.15) is 0 Å². The molecule has 3 nitrogen and oxygen atoms in total. The van der Waals surface area contributed by atoms with E-state index in [0.717, 1.165) is 22.3 Å². The van der Waals surface area contributed by atoms with Gasteiger partial charge in [-0.15, -0.1) is 0 Å². The second kappa shape index (κ2) is 8.87. The van der Waals surface area contributed by atoms with Crippen molar-refractivity contribution in [1.82, 2.24) is 0 Å². The molecule has 0 unspecified atom stereocenters. The third-order valence-electron chi connectivity index (χ3n) is 9.75. The average Bonchev–Trinajstić information content (AvgIpc) is 3.40. The van der Waals surface area contributed by atoms with E-state index in [4.69, 9.17) is 15.0 Å². The molecule has 1 spiro atoms. The number of hydrogen-bond acceptors (Lipinski definition) is 4. The van der Waals surface area contributed by atoms with Crippen LogP contribution in [-0.2, 0) is 14.7 Å². The van der Waals surface area contributed by atoms with E-state index in [1.165, 1.54) is 43.2 Å². The lowest BCUT2D eigenvalue weighted by Gasteiger charge is -2.40. The molecule has 1 saturated heterocycles. The quantitative estimate of drug-likeness (QED) is 0.170. The summed E-state index contributed by atoms with van der Waals surface area (Å²) < 4.78 is 13.3. The molecule has 0 aromatic heterocycles. The normalized spacial score (nSPS) is 18.3. The molecular formula is C37H32BNO2S. The van der Waals surface area contributed by atoms with Gasteiger partial charge in [0.1, 0.15) is 0 Å². The van der Waals surface area contributed by atoms with Crippen LogP contribution < -0.4 is 11.2 Å². The maximum Gasteiger partial charge on any atom is 0.495 e. The molecule has 42 heavy (non-hydrogen) atoms. The third-order valence-corrected chi connectivity index (χ3v) is 10.9. The van der Waals surface area contributed by atoms with E-state index in [-0.39, 0.29) is 0 Å². The van der Waals surface area contributed by atoms with Gasteiger partial charge in [0.15, 0.2) is 0 Å². The summed E-state index contributed by atoms with van der Waals surface area (Å²) in [7, 11) is -0.496. The smallest absolute Gasteiger partial charge is 0.399 e. The number of nitrogens with two attached hydrogens (primary N) is 1. The van der Waals surface area contributed by atoms with Crippen molar-refractivity contribution in [3.05, 3.63) is 131 Å². The minimum Gasteiger partial charge on any atom is -0.399 e. The first-order valence-electron chi connectivity index (χ1n) is 14.6. The number of benzene rings is 5. The maximum absolute atomic E-state index is 6.67. The van der Waals surface area contributed by atoms with Gasteiger partial charge < -0.3 is 15.0 Å². The number of anilines is 1. The van der Waals surface area contributed by atoms with Gasteiger partial charge in [-0.1, -0.05) is 90.6 Å². The van der Waals surface area contributed by atoms with Gasteiger partial charge in [0.25, 0.3) is 0 Å². The van der Waals surface area contributed by atoms with Crippen molar-refractivity contribution in [2.45, 2.75) is 54.1 Å². The highest BCUT2D eigenvalue weighted by atomic mass is 32.2. The fraction of sp³-hybridized carbons (Fsp3) is 0.189. The summed E-state index contributed by atoms with van der Waals surface area (Å²) in [6.07, 6.45) is 0. The Hall–Kier alpha value is -3.77. The second-order valence-electron chi connectivity index (χ2n) is 12.6. The first-order valence-corrected chi connectivity index (χ1v) is 15.4. The summed E-state index contributed by atoms with van der Waals surface area (Å²) >= 11 is 1.84. The van der Waals surface area contributed by atoms with Crippen LogP contribution in [0.3, 0.4) is 0 Å². The number of nitrogen functional groups attached to an aromatic ring is 1. The monoisotopic (exact) mass is 565 g/mol. The van der Waals surface area contributed by atoms with E-state index >= 15 is 0 Å². The SMILES string of the molecule is CC1(C)OB(c2cc3c(cc2-c2ccc(N)cc2)C2(c4ccccc4S3)c3ccccc3-c3ccccc32)OC1(C)C. The molecule has 3 aliphatic rings. The van der Waals surface area contributed by atoms with Crippen molar-refractivity contribution in [2.75, 3.05) is 5.73 Å². The fourth-order valence-electron chi connectivity index (χ4n) is 7.00. The Morgan fingerprint density at radius 3 is 1.74 bits per heavy atom. The van der Waals surface area contributed by atoms with Gasteiger partial charge in [-0.3, -0.25) is 0 Å². The number of hydrogen-bond donors (Lipinski definition) is 1. The van der Waals surface area contributed by atoms with Crippen molar-refractivity contribution < 1.29 is 9.31 Å². The molecule has 2 N–H and O–H groups in total. The van der Waals surface area contributed by atoms with Crippen molar-refractivity contribution in [3.63, 3.8) is 0 Å². The molecule has 0 atom stereocenters. The van der Waals surface area contributed by atoms with Crippen LogP contribution in [0.15, 0.2) is 119 Å². The summed E-state index contributed by atoms with van der Waals surface area (Å²) in [5, 5.41) is 0. The largest absolute Gasteiger partial charge is 0.495 e. The van der Waals surface area contributed by atoms with E-state index in [9.17, 15) is 0 Å². The molecule has 2 heterocycles. The van der Waals surface area contributed by atoms with Gasteiger partial charge >= 0.3 is 7.12 Å². The van der Waals surface area contributed by atoms with Crippen molar-refractivity contribution >= 4 is 30.0 Å². The number of rotatable bonds is 2. The van der Waals surface area contributed by atoms with Crippen LogP contribution in [0.25, 0.3) is 22.3 Å². The molecule has 0 radical (unpaired) electrons. The van der Waals surface area contributed by atoms with Gasteiger partial charge in [-0.05, 0) is 108 Å². The first-order chi connectivity index (χ1) is 20.2. The molecule has 1 fully saturated rings. The van der Waals surface area contributed by atoms with Crippen LogP contribution in [0.1, 0.15) is 49.9 Å². The van der Waals surface area contributed by atoms with E-state index < -0.39 is 23.7 Å². The van der Waals surface area contributed by atoms with Crippen LogP contribution in [0.2, 0.25) is 0 Å². The zero-order chi connectivity index (χ0) is 28.9. The lowest BCUT2D eigenvalue weighted by Crippen LogP contribution is -2.41. The van der Waals surface area contributed by atoms with E-state index in [0.29, 0.717) is 0 Å². The Kier molecular flexibility index (Phi) is 5.47. The van der Waals surface area contributed by atoms with E-state index in [2.05, 4.69) is 125 Å². The Balaban J connectivity index is 1.47. The maximum atomic E-state index is 6.67. The molecule has 5 heteroatoms. The van der Waals surface area contributed by atoms with Crippen molar-refractivity contribution in [3.8, 4) is 22.3 Å². The average molecular weight is 566 g/mol. The van der Waals surface area contributed by atoms with Crippen LogP contribution >= 0.6 is 11.8 Å². The van der Waals surface area contributed by atoms with Crippen LogP contribution in [0.5, 0.6) is 0 Å². The highest BCUT2D eigenvalue weighted by Gasteiger charge is 2.54. The molecule has 206 valence electrons. The van der Waals surface area contributed by atoms with Gasteiger partial charge in [0.2, 0.25) is 0 Å². The number of fused-ring (bicyclic) bond motifs is 9.